The molecule has 1 unspecified atom stereocenters. The molecule has 2 heteroatoms. The monoisotopic (exact) mass is 219 g/mol. The molecule has 0 amide bonds. The van der Waals surface area contributed by atoms with Gasteiger partial charge >= 0.3 is 0 Å². The van der Waals surface area contributed by atoms with E-state index in [9.17, 15) is 5.11 Å². The van der Waals surface area contributed by atoms with E-state index in [0.717, 1.165) is 19.5 Å². The van der Waals surface area contributed by atoms with E-state index in [1.165, 1.54) is 11.3 Å². The summed E-state index contributed by atoms with van der Waals surface area (Å²) in [6.45, 7) is 8.02. The van der Waals surface area contributed by atoms with Crippen LogP contribution >= 0.6 is 0 Å². The molecule has 0 radical (unpaired) electrons. The molecule has 1 fully saturated rings. The highest BCUT2D eigenvalue weighted by Gasteiger charge is 2.31. The van der Waals surface area contributed by atoms with Gasteiger partial charge in [0.1, 0.15) is 0 Å². The van der Waals surface area contributed by atoms with Gasteiger partial charge in [-0.3, -0.25) is 0 Å². The predicted molar refractivity (Wildman–Crippen MR) is 68.0 cm³/mol. The highest BCUT2D eigenvalue weighted by Crippen LogP contribution is 2.27. The SMILES string of the molecule is CC(C)c1ccc(N2CCC(C)(O)C2)cc1. The van der Waals surface area contributed by atoms with E-state index in [0.29, 0.717) is 5.92 Å². The third-order valence-corrected chi connectivity index (χ3v) is 3.38. The summed E-state index contributed by atoms with van der Waals surface area (Å²) in [6.07, 6.45) is 0.860. The van der Waals surface area contributed by atoms with Crippen LogP contribution in [0.5, 0.6) is 0 Å². The first kappa shape index (κ1) is 11.5. The third kappa shape index (κ3) is 2.38. The fraction of sp³-hybridized carbons (Fsp3) is 0.571. The number of aliphatic hydroxyl groups is 1. The van der Waals surface area contributed by atoms with Crippen LogP contribution < -0.4 is 4.90 Å². The highest BCUT2D eigenvalue weighted by atomic mass is 16.3. The molecule has 88 valence electrons. The quantitative estimate of drug-likeness (QED) is 0.826. The van der Waals surface area contributed by atoms with E-state index in [1.54, 1.807) is 0 Å². The number of rotatable bonds is 2. The van der Waals surface area contributed by atoms with Crippen LogP contribution in [0, 0.1) is 0 Å². The summed E-state index contributed by atoms with van der Waals surface area (Å²) in [5.74, 6) is 0.579. The molecule has 2 rings (SSSR count). The Morgan fingerprint density at radius 3 is 2.31 bits per heavy atom. The molecule has 1 heterocycles. The molecule has 0 spiro atoms. The van der Waals surface area contributed by atoms with Crippen LogP contribution in [-0.4, -0.2) is 23.8 Å². The molecule has 1 aliphatic heterocycles. The second-order valence-corrected chi connectivity index (χ2v) is 5.41. The standard InChI is InChI=1S/C14H21NO/c1-11(2)12-4-6-13(7-5-12)15-9-8-14(3,16)10-15/h4-7,11,16H,8-10H2,1-3H3. The first-order valence-corrected chi connectivity index (χ1v) is 6.05. The minimum Gasteiger partial charge on any atom is -0.388 e. The normalized spacial score (nSPS) is 25.4. The minimum absolute atomic E-state index is 0.517. The Balaban J connectivity index is 2.11. The number of β-amino-alcohol motifs (C(OH)–C–C–N with tert-alkyl or cyclic N) is 1. The smallest absolute Gasteiger partial charge is 0.0810 e. The second-order valence-electron chi connectivity index (χ2n) is 5.41. The molecule has 1 aliphatic rings. The average Bonchev–Trinajstić information content (AvgIpc) is 2.59. The number of anilines is 1. The molecule has 1 N–H and O–H groups in total. The molecular formula is C14H21NO. The van der Waals surface area contributed by atoms with E-state index in [1.807, 2.05) is 6.92 Å². The first-order valence-electron chi connectivity index (χ1n) is 6.05. The van der Waals surface area contributed by atoms with Gasteiger partial charge in [0.2, 0.25) is 0 Å². The summed E-state index contributed by atoms with van der Waals surface area (Å²) in [5.41, 5.74) is 2.08. The van der Waals surface area contributed by atoms with Crippen molar-refractivity contribution in [2.24, 2.45) is 0 Å². The second kappa shape index (κ2) is 4.10. The highest BCUT2D eigenvalue weighted by molar-refractivity contribution is 5.49. The van der Waals surface area contributed by atoms with Crippen molar-refractivity contribution < 1.29 is 5.11 Å². The Labute approximate surface area is 97.9 Å². The molecule has 2 nitrogen and oxygen atoms in total. The largest absolute Gasteiger partial charge is 0.388 e. The van der Waals surface area contributed by atoms with Gasteiger partial charge < -0.3 is 10.0 Å². The molecule has 0 saturated carbocycles. The lowest BCUT2D eigenvalue weighted by molar-refractivity contribution is 0.0839. The van der Waals surface area contributed by atoms with Crippen LogP contribution in [-0.2, 0) is 0 Å². The van der Waals surface area contributed by atoms with Crippen molar-refractivity contribution >= 4 is 5.69 Å². The van der Waals surface area contributed by atoms with Crippen molar-refractivity contribution in [1.29, 1.82) is 0 Å². The van der Waals surface area contributed by atoms with Crippen LogP contribution in [0.15, 0.2) is 24.3 Å². The fourth-order valence-electron chi connectivity index (χ4n) is 2.24. The predicted octanol–water partition coefficient (Wildman–Crippen LogP) is 2.77. The van der Waals surface area contributed by atoms with Crippen LogP contribution in [0.1, 0.15) is 38.7 Å². The van der Waals surface area contributed by atoms with E-state index in [-0.39, 0.29) is 0 Å². The zero-order valence-corrected chi connectivity index (χ0v) is 10.4. The van der Waals surface area contributed by atoms with Crippen molar-refractivity contribution in [2.75, 3.05) is 18.0 Å². The van der Waals surface area contributed by atoms with E-state index in [4.69, 9.17) is 0 Å². The third-order valence-electron chi connectivity index (χ3n) is 3.38. The Kier molecular flexibility index (Phi) is 2.94. The molecule has 16 heavy (non-hydrogen) atoms. The van der Waals surface area contributed by atoms with Crippen LogP contribution in [0.25, 0.3) is 0 Å². The summed E-state index contributed by atoms with van der Waals surface area (Å²) in [6, 6.07) is 8.70. The van der Waals surface area contributed by atoms with Crippen molar-refractivity contribution in [3.63, 3.8) is 0 Å². The average molecular weight is 219 g/mol. The summed E-state index contributed by atoms with van der Waals surface area (Å²) in [7, 11) is 0. The Morgan fingerprint density at radius 1 is 1.25 bits per heavy atom. The van der Waals surface area contributed by atoms with Crippen LogP contribution in [0.3, 0.4) is 0 Å². The summed E-state index contributed by atoms with van der Waals surface area (Å²) >= 11 is 0. The zero-order chi connectivity index (χ0) is 11.8. The van der Waals surface area contributed by atoms with Gasteiger partial charge in [-0.05, 0) is 37.0 Å². The lowest BCUT2D eigenvalue weighted by Gasteiger charge is -2.21. The lowest BCUT2D eigenvalue weighted by Crippen LogP contribution is -2.29. The molecule has 1 aromatic carbocycles. The lowest BCUT2D eigenvalue weighted by atomic mass is 10.0. The number of nitrogens with zero attached hydrogens (tertiary/aromatic N) is 1. The van der Waals surface area contributed by atoms with Crippen LogP contribution in [0.4, 0.5) is 5.69 Å². The topological polar surface area (TPSA) is 23.5 Å². The summed E-state index contributed by atoms with van der Waals surface area (Å²) in [4.78, 5) is 2.25. The van der Waals surface area contributed by atoms with Gasteiger partial charge in [-0.25, -0.2) is 0 Å². The summed E-state index contributed by atoms with van der Waals surface area (Å²) < 4.78 is 0. The van der Waals surface area contributed by atoms with Crippen molar-refractivity contribution in [1.82, 2.24) is 0 Å². The number of hydrogen-bond donors (Lipinski definition) is 1. The Hall–Kier alpha value is -1.02. The number of hydrogen-bond acceptors (Lipinski definition) is 2. The maximum atomic E-state index is 9.93. The zero-order valence-electron chi connectivity index (χ0n) is 10.4. The van der Waals surface area contributed by atoms with Crippen LogP contribution in [0.2, 0.25) is 0 Å². The van der Waals surface area contributed by atoms with E-state index in [2.05, 4.69) is 43.0 Å². The maximum Gasteiger partial charge on any atom is 0.0810 e. The van der Waals surface area contributed by atoms with E-state index >= 15 is 0 Å². The molecule has 0 aromatic heterocycles. The summed E-state index contributed by atoms with van der Waals surface area (Å²) in [5, 5.41) is 9.93. The fourth-order valence-corrected chi connectivity index (χ4v) is 2.24. The Morgan fingerprint density at radius 2 is 1.88 bits per heavy atom. The van der Waals surface area contributed by atoms with Crippen molar-refractivity contribution in [3.8, 4) is 0 Å². The molecule has 1 saturated heterocycles. The molecule has 0 aliphatic carbocycles. The van der Waals surface area contributed by atoms with Gasteiger partial charge in [-0.2, -0.15) is 0 Å². The molecular weight excluding hydrogens is 198 g/mol. The van der Waals surface area contributed by atoms with Gasteiger partial charge in [0.15, 0.2) is 0 Å². The van der Waals surface area contributed by atoms with Crippen molar-refractivity contribution in [3.05, 3.63) is 29.8 Å². The van der Waals surface area contributed by atoms with Gasteiger partial charge in [0.25, 0.3) is 0 Å². The number of benzene rings is 1. The molecule has 1 aromatic rings. The van der Waals surface area contributed by atoms with E-state index < -0.39 is 5.60 Å². The van der Waals surface area contributed by atoms with Crippen molar-refractivity contribution in [2.45, 2.75) is 38.7 Å². The Bertz CT molecular complexity index is 354. The molecule has 1 atom stereocenters. The van der Waals surface area contributed by atoms with Gasteiger partial charge in [-0.1, -0.05) is 26.0 Å². The van der Waals surface area contributed by atoms with Gasteiger partial charge in [0, 0.05) is 18.8 Å². The minimum atomic E-state index is -0.517. The van der Waals surface area contributed by atoms with Gasteiger partial charge in [-0.15, -0.1) is 0 Å². The van der Waals surface area contributed by atoms with Gasteiger partial charge in [0.05, 0.1) is 5.60 Å². The maximum absolute atomic E-state index is 9.93. The first-order chi connectivity index (χ1) is 7.48. The molecule has 0 bridgehead atoms.